The number of carbonyl (C=O) groups excluding carboxylic acids is 1. The molecule has 0 aliphatic carbocycles. The molecule has 0 saturated carbocycles. The molecule has 0 aromatic heterocycles. The van der Waals surface area contributed by atoms with Crippen LogP contribution in [-0.2, 0) is 9.53 Å². The van der Waals surface area contributed by atoms with Crippen LogP contribution in [0, 0.1) is 0 Å². The van der Waals surface area contributed by atoms with Gasteiger partial charge < -0.3 is 9.84 Å². The summed E-state index contributed by atoms with van der Waals surface area (Å²) in [6, 6.07) is 0. The second-order valence-electron chi connectivity index (χ2n) is 2.76. The average Bonchev–Trinajstić information content (AvgIpc) is 2.03. The van der Waals surface area contributed by atoms with E-state index >= 15 is 0 Å². The smallest absolute Gasteiger partial charge is 0.303 e. The Bertz CT molecular complexity index is 187. The van der Waals surface area contributed by atoms with Gasteiger partial charge in [0, 0.05) is 13.3 Å². The van der Waals surface area contributed by atoms with Crippen LogP contribution in [0.2, 0.25) is 0 Å². The van der Waals surface area contributed by atoms with Crippen molar-refractivity contribution in [2.24, 2.45) is 0 Å². The van der Waals surface area contributed by atoms with Crippen molar-refractivity contribution >= 4 is 5.97 Å². The summed E-state index contributed by atoms with van der Waals surface area (Å²) in [5.74, 6) is -0.394. The highest BCUT2D eigenvalue weighted by molar-refractivity contribution is 5.66. The molecule has 0 heterocycles. The molecule has 0 aliphatic heterocycles. The highest BCUT2D eigenvalue weighted by Gasteiger charge is 2.19. The largest absolute Gasteiger partial charge is 0.459 e. The molecular formula is C10H16O3. The van der Waals surface area contributed by atoms with Gasteiger partial charge in [-0.15, -0.1) is 13.2 Å². The molecular weight excluding hydrogens is 168 g/mol. The Morgan fingerprint density at radius 2 is 2.00 bits per heavy atom. The summed E-state index contributed by atoms with van der Waals surface area (Å²) in [6.45, 7) is 8.33. The van der Waals surface area contributed by atoms with Crippen LogP contribution in [0.1, 0.15) is 19.8 Å². The van der Waals surface area contributed by atoms with Crippen LogP contribution < -0.4 is 0 Å². The van der Waals surface area contributed by atoms with Gasteiger partial charge in [0.05, 0.1) is 6.10 Å². The summed E-state index contributed by atoms with van der Waals surface area (Å²) in [7, 11) is 0. The van der Waals surface area contributed by atoms with Gasteiger partial charge in [-0.25, -0.2) is 0 Å². The normalized spacial score (nSPS) is 14.3. The third-order valence-corrected chi connectivity index (χ3v) is 1.55. The molecule has 13 heavy (non-hydrogen) atoms. The van der Waals surface area contributed by atoms with Gasteiger partial charge in [-0.3, -0.25) is 4.79 Å². The van der Waals surface area contributed by atoms with E-state index in [2.05, 4.69) is 13.2 Å². The molecule has 0 rings (SSSR count). The van der Waals surface area contributed by atoms with E-state index in [9.17, 15) is 9.90 Å². The van der Waals surface area contributed by atoms with Gasteiger partial charge in [-0.2, -0.15) is 0 Å². The number of aliphatic hydroxyl groups excluding tert-OH is 1. The summed E-state index contributed by atoms with van der Waals surface area (Å²) < 4.78 is 4.90. The standard InChI is InChI=1S/C10H16O3/c1-4-6-9(12)10(7-5-2)13-8(3)11/h4-5,9-10,12H,1-2,6-7H2,3H3/t9-,10-/m0/s1. The van der Waals surface area contributed by atoms with Gasteiger partial charge in [0.15, 0.2) is 0 Å². The first kappa shape index (κ1) is 11.9. The van der Waals surface area contributed by atoms with Crippen molar-refractivity contribution in [3.05, 3.63) is 25.3 Å². The van der Waals surface area contributed by atoms with Crippen LogP contribution >= 0.6 is 0 Å². The molecule has 0 aromatic carbocycles. The Kier molecular flexibility index (Phi) is 5.89. The Morgan fingerprint density at radius 1 is 1.46 bits per heavy atom. The first-order valence-electron chi connectivity index (χ1n) is 4.18. The summed E-state index contributed by atoms with van der Waals surface area (Å²) >= 11 is 0. The third kappa shape index (κ3) is 5.20. The molecule has 74 valence electrons. The fourth-order valence-electron chi connectivity index (χ4n) is 0.984. The van der Waals surface area contributed by atoms with Gasteiger partial charge >= 0.3 is 5.97 Å². The van der Waals surface area contributed by atoms with E-state index in [1.54, 1.807) is 12.2 Å². The number of hydrogen-bond donors (Lipinski definition) is 1. The van der Waals surface area contributed by atoms with E-state index in [-0.39, 0.29) is 0 Å². The lowest BCUT2D eigenvalue weighted by Gasteiger charge is -2.20. The van der Waals surface area contributed by atoms with E-state index < -0.39 is 18.2 Å². The lowest BCUT2D eigenvalue weighted by atomic mass is 10.1. The molecule has 0 unspecified atom stereocenters. The zero-order valence-electron chi connectivity index (χ0n) is 7.90. The maximum absolute atomic E-state index is 10.6. The Morgan fingerprint density at radius 3 is 2.38 bits per heavy atom. The molecule has 0 fully saturated rings. The predicted molar refractivity (Wildman–Crippen MR) is 51.2 cm³/mol. The molecule has 0 aliphatic rings. The number of ether oxygens (including phenoxy) is 1. The molecule has 0 saturated heterocycles. The fraction of sp³-hybridized carbons (Fsp3) is 0.500. The number of esters is 1. The van der Waals surface area contributed by atoms with E-state index in [1.165, 1.54) is 6.92 Å². The van der Waals surface area contributed by atoms with Gasteiger partial charge in [-0.05, 0) is 6.42 Å². The Balaban J connectivity index is 4.12. The van der Waals surface area contributed by atoms with Crippen LogP contribution in [0.15, 0.2) is 25.3 Å². The van der Waals surface area contributed by atoms with E-state index in [1.807, 2.05) is 0 Å². The molecule has 0 aromatic rings. The van der Waals surface area contributed by atoms with Crippen molar-refractivity contribution < 1.29 is 14.6 Å². The zero-order chi connectivity index (χ0) is 10.3. The Labute approximate surface area is 78.7 Å². The first-order chi connectivity index (χ1) is 6.11. The first-order valence-corrected chi connectivity index (χ1v) is 4.18. The van der Waals surface area contributed by atoms with Crippen molar-refractivity contribution in [3.8, 4) is 0 Å². The molecule has 0 bridgehead atoms. The average molecular weight is 184 g/mol. The van der Waals surface area contributed by atoms with Crippen LogP contribution in [0.3, 0.4) is 0 Å². The summed E-state index contributed by atoms with van der Waals surface area (Å²) in [4.78, 5) is 10.6. The Hall–Kier alpha value is -1.09. The van der Waals surface area contributed by atoms with Crippen LogP contribution in [0.4, 0.5) is 0 Å². The molecule has 3 heteroatoms. The second-order valence-corrected chi connectivity index (χ2v) is 2.76. The quantitative estimate of drug-likeness (QED) is 0.501. The molecule has 2 atom stereocenters. The van der Waals surface area contributed by atoms with Crippen molar-refractivity contribution in [3.63, 3.8) is 0 Å². The molecule has 3 nitrogen and oxygen atoms in total. The monoisotopic (exact) mass is 184 g/mol. The third-order valence-electron chi connectivity index (χ3n) is 1.55. The van der Waals surface area contributed by atoms with Crippen LogP contribution in [0.25, 0.3) is 0 Å². The highest BCUT2D eigenvalue weighted by Crippen LogP contribution is 2.09. The second kappa shape index (κ2) is 6.43. The minimum Gasteiger partial charge on any atom is -0.459 e. The lowest BCUT2D eigenvalue weighted by Crippen LogP contribution is -2.29. The number of carbonyl (C=O) groups is 1. The number of rotatable bonds is 6. The van der Waals surface area contributed by atoms with Gasteiger partial charge in [0.2, 0.25) is 0 Å². The minimum absolute atomic E-state index is 0.394. The minimum atomic E-state index is -0.695. The summed E-state index contributed by atoms with van der Waals surface area (Å²) in [5.41, 5.74) is 0. The van der Waals surface area contributed by atoms with Gasteiger partial charge in [0.25, 0.3) is 0 Å². The van der Waals surface area contributed by atoms with E-state index in [0.717, 1.165) is 0 Å². The fourth-order valence-corrected chi connectivity index (χ4v) is 0.984. The van der Waals surface area contributed by atoms with Crippen LogP contribution in [0.5, 0.6) is 0 Å². The van der Waals surface area contributed by atoms with Crippen molar-refractivity contribution in [1.82, 2.24) is 0 Å². The maximum Gasteiger partial charge on any atom is 0.303 e. The number of aliphatic hydroxyl groups is 1. The van der Waals surface area contributed by atoms with E-state index in [0.29, 0.717) is 12.8 Å². The van der Waals surface area contributed by atoms with Crippen molar-refractivity contribution in [1.29, 1.82) is 0 Å². The summed E-state index contributed by atoms with van der Waals surface area (Å²) in [5, 5.41) is 9.49. The number of hydrogen-bond acceptors (Lipinski definition) is 3. The van der Waals surface area contributed by atoms with E-state index in [4.69, 9.17) is 4.74 Å². The topological polar surface area (TPSA) is 46.5 Å². The zero-order valence-corrected chi connectivity index (χ0v) is 7.90. The predicted octanol–water partition coefficient (Wildman–Crippen LogP) is 1.43. The SMILES string of the molecule is C=CC[C@H](OC(C)=O)[C@@H](O)CC=C. The summed E-state index contributed by atoms with van der Waals surface area (Å²) in [6.07, 6.45) is 2.86. The molecule has 0 amide bonds. The van der Waals surface area contributed by atoms with Crippen molar-refractivity contribution in [2.45, 2.75) is 32.0 Å². The van der Waals surface area contributed by atoms with Crippen LogP contribution in [-0.4, -0.2) is 23.3 Å². The molecule has 0 spiro atoms. The molecule has 0 radical (unpaired) electrons. The maximum atomic E-state index is 10.6. The van der Waals surface area contributed by atoms with Crippen molar-refractivity contribution in [2.75, 3.05) is 0 Å². The lowest BCUT2D eigenvalue weighted by molar-refractivity contribution is -0.151. The highest BCUT2D eigenvalue weighted by atomic mass is 16.6. The molecule has 1 N–H and O–H groups in total. The van der Waals surface area contributed by atoms with Gasteiger partial charge in [-0.1, -0.05) is 12.2 Å². The van der Waals surface area contributed by atoms with Gasteiger partial charge in [0.1, 0.15) is 6.10 Å².